The molecule has 0 aliphatic carbocycles. The van der Waals surface area contributed by atoms with Crippen molar-refractivity contribution in [2.24, 2.45) is 5.73 Å². The summed E-state index contributed by atoms with van der Waals surface area (Å²) in [5.41, 5.74) is 5.96. The summed E-state index contributed by atoms with van der Waals surface area (Å²) in [7, 11) is -3.61. The summed E-state index contributed by atoms with van der Waals surface area (Å²) in [4.78, 5) is 23.4. The van der Waals surface area contributed by atoms with Gasteiger partial charge in [0, 0.05) is 13.0 Å². The lowest BCUT2D eigenvalue weighted by atomic mass is 10.0. The second-order valence-corrected chi connectivity index (χ2v) is 12.4. The molecule has 0 bridgehead atoms. The van der Waals surface area contributed by atoms with Gasteiger partial charge in [0.2, 0.25) is 11.2 Å². The number of aromatic nitrogens is 4. The number of nitrogens with two attached hydrogens (primary N) is 1. The standard InChI is InChI=1S/C25H42ClN5O3S/c1-19(2)35(33,34)24-22-23(29-25(26)30-24)28-20(3)31(22)18-16-14-12-10-8-6-4-5-7-9-11-13-15-17-21(27)32/h19H,4-18H2,1-3H3,(H2,27,32). The van der Waals surface area contributed by atoms with Crippen LogP contribution in [0.25, 0.3) is 11.2 Å². The molecular weight excluding hydrogens is 486 g/mol. The van der Waals surface area contributed by atoms with Crippen LogP contribution in [0, 0.1) is 6.92 Å². The molecule has 0 aliphatic rings. The first-order valence-corrected chi connectivity index (χ1v) is 15.0. The maximum absolute atomic E-state index is 12.9. The molecule has 0 radical (unpaired) electrons. The summed E-state index contributed by atoms with van der Waals surface area (Å²) >= 11 is 6.00. The Balaban J connectivity index is 1.68. The predicted molar refractivity (Wildman–Crippen MR) is 141 cm³/mol. The number of hydrogen-bond donors (Lipinski definition) is 1. The summed E-state index contributed by atoms with van der Waals surface area (Å²) in [5, 5.41) is -0.719. The highest BCUT2D eigenvalue weighted by molar-refractivity contribution is 7.92. The third kappa shape index (κ3) is 9.33. The van der Waals surface area contributed by atoms with Crippen molar-refractivity contribution >= 4 is 38.5 Å². The molecule has 0 spiro atoms. The zero-order valence-corrected chi connectivity index (χ0v) is 23.1. The Hall–Kier alpha value is -1.74. The van der Waals surface area contributed by atoms with Crippen molar-refractivity contribution in [3.63, 3.8) is 0 Å². The van der Waals surface area contributed by atoms with Gasteiger partial charge in [-0.3, -0.25) is 4.79 Å². The van der Waals surface area contributed by atoms with Crippen molar-refractivity contribution in [1.82, 2.24) is 19.5 Å². The SMILES string of the molecule is Cc1nc2nc(Cl)nc(S(=O)(=O)C(C)C)c2n1CCCCCCCCCCCCCCCC(N)=O. The van der Waals surface area contributed by atoms with Gasteiger partial charge in [0.1, 0.15) is 11.3 Å². The fourth-order valence-electron chi connectivity index (χ4n) is 4.30. The molecule has 0 saturated heterocycles. The average molecular weight is 528 g/mol. The van der Waals surface area contributed by atoms with E-state index in [0.717, 1.165) is 31.5 Å². The van der Waals surface area contributed by atoms with E-state index >= 15 is 0 Å². The Morgan fingerprint density at radius 3 is 1.83 bits per heavy atom. The van der Waals surface area contributed by atoms with Gasteiger partial charge in [-0.25, -0.2) is 18.4 Å². The fourth-order valence-corrected chi connectivity index (χ4v) is 5.64. The second-order valence-electron chi connectivity index (χ2n) is 9.69. The first kappa shape index (κ1) is 29.5. The molecule has 0 fully saturated rings. The van der Waals surface area contributed by atoms with Gasteiger partial charge in [0.25, 0.3) is 0 Å². The number of hydrogen-bond acceptors (Lipinski definition) is 6. The number of halogens is 1. The van der Waals surface area contributed by atoms with Crippen LogP contribution in [0.1, 0.15) is 110 Å². The average Bonchev–Trinajstić information content (AvgIpc) is 3.09. The lowest BCUT2D eigenvalue weighted by Gasteiger charge is -2.12. The Labute approximate surface area is 215 Å². The number of amides is 1. The van der Waals surface area contributed by atoms with Gasteiger partial charge >= 0.3 is 0 Å². The zero-order valence-electron chi connectivity index (χ0n) is 21.6. The smallest absolute Gasteiger partial charge is 0.225 e. The van der Waals surface area contributed by atoms with Gasteiger partial charge in [-0.1, -0.05) is 70.6 Å². The van der Waals surface area contributed by atoms with E-state index in [1.165, 1.54) is 57.8 Å². The van der Waals surface area contributed by atoms with Crippen LogP contribution in [0.15, 0.2) is 5.03 Å². The molecule has 2 heterocycles. The zero-order chi connectivity index (χ0) is 25.8. The van der Waals surface area contributed by atoms with Crippen molar-refractivity contribution in [3.8, 4) is 0 Å². The van der Waals surface area contributed by atoms with E-state index in [0.29, 0.717) is 24.1 Å². The van der Waals surface area contributed by atoms with Crippen LogP contribution < -0.4 is 5.73 Å². The van der Waals surface area contributed by atoms with Crippen LogP contribution in [0.5, 0.6) is 0 Å². The van der Waals surface area contributed by atoms with Gasteiger partial charge < -0.3 is 10.3 Å². The highest BCUT2D eigenvalue weighted by Gasteiger charge is 2.28. The van der Waals surface area contributed by atoms with Gasteiger partial charge in [0.05, 0.1) is 5.25 Å². The quantitative estimate of drug-likeness (QED) is 0.146. The van der Waals surface area contributed by atoms with E-state index in [2.05, 4.69) is 15.0 Å². The molecule has 0 aliphatic heterocycles. The van der Waals surface area contributed by atoms with Crippen molar-refractivity contribution < 1.29 is 13.2 Å². The number of imidazole rings is 1. The third-order valence-electron chi connectivity index (χ3n) is 6.43. The van der Waals surface area contributed by atoms with Crippen molar-refractivity contribution in [2.75, 3.05) is 0 Å². The molecule has 0 unspecified atom stereocenters. The van der Waals surface area contributed by atoms with Crippen LogP contribution in [-0.2, 0) is 21.2 Å². The molecule has 8 nitrogen and oxygen atoms in total. The van der Waals surface area contributed by atoms with Crippen molar-refractivity contribution in [3.05, 3.63) is 11.1 Å². The largest absolute Gasteiger partial charge is 0.370 e. The lowest BCUT2D eigenvalue weighted by Crippen LogP contribution is -2.18. The Morgan fingerprint density at radius 2 is 1.34 bits per heavy atom. The number of primary amides is 1. The molecule has 0 aromatic carbocycles. The number of nitrogens with zero attached hydrogens (tertiary/aromatic N) is 4. The van der Waals surface area contributed by atoms with Crippen LogP contribution >= 0.6 is 11.6 Å². The highest BCUT2D eigenvalue weighted by atomic mass is 35.5. The predicted octanol–water partition coefficient (Wildman–Crippen LogP) is 5.92. The maximum atomic E-state index is 12.9. The topological polar surface area (TPSA) is 121 Å². The van der Waals surface area contributed by atoms with Crippen LogP contribution in [0.3, 0.4) is 0 Å². The Kier molecular flexibility index (Phi) is 12.4. The summed E-state index contributed by atoms with van der Waals surface area (Å²) in [6.07, 6.45) is 15.8. The van der Waals surface area contributed by atoms with Gasteiger partial charge in [0.15, 0.2) is 20.5 Å². The van der Waals surface area contributed by atoms with Gasteiger partial charge in [-0.2, -0.15) is 4.98 Å². The molecule has 2 rings (SSSR count). The fraction of sp³-hybridized carbons (Fsp3) is 0.760. The number of rotatable bonds is 18. The minimum absolute atomic E-state index is 0.0197. The van der Waals surface area contributed by atoms with Crippen LogP contribution in [0.4, 0.5) is 0 Å². The number of sulfone groups is 1. The molecule has 2 aromatic rings. The molecule has 198 valence electrons. The van der Waals surface area contributed by atoms with Crippen LogP contribution in [-0.4, -0.2) is 39.1 Å². The molecule has 2 aromatic heterocycles. The van der Waals surface area contributed by atoms with Crippen molar-refractivity contribution in [1.29, 1.82) is 0 Å². The number of unbranched alkanes of at least 4 members (excludes halogenated alkanes) is 12. The number of carbonyl (C=O) groups excluding carboxylic acids is 1. The summed E-state index contributed by atoms with van der Waals surface area (Å²) < 4.78 is 27.7. The van der Waals surface area contributed by atoms with E-state index in [1.807, 2.05) is 11.5 Å². The van der Waals surface area contributed by atoms with Gasteiger partial charge in [-0.05, 0) is 45.2 Å². The first-order chi connectivity index (χ1) is 16.6. The molecule has 10 heteroatoms. The monoisotopic (exact) mass is 527 g/mol. The Morgan fingerprint density at radius 1 is 0.857 bits per heavy atom. The van der Waals surface area contributed by atoms with E-state index in [-0.39, 0.29) is 16.2 Å². The number of carbonyl (C=O) groups is 1. The molecule has 1 amide bonds. The van der Waals surface area contributed by atoms with E-state index in [9.17, 15) is 13.2 Å². The number of fused-ring (bicyclic) bond motifs is 1. The minimum atomic E-state index is -3.61. The minimum Gasteiger partial charge on any atom is -0.370 e. The van der Waals surface area contributed by atoms with Crippen LogP contribution in [0.2, 0.25) is 5.28 Å². The molecular formula is C25H42ClN5O3S. The molecule has 2 N–H and O–H groups in total. The van der Waals surface area contributed by atoms with E-state index < -0.39 is 15.1 Å². The molecule has 0 atom stereocenters. The third-order valence-corrected chi connectivity index (χ3v) is 8.66. The molecule has 0 saturated carbocycles. The summed E-state index contributed by atoms with van der Waals surface area (Å²) in [6.45, 7) is 5.83. The van der Waals surface area contributed by atoms with E-state index in [4.69, 9.17) is 17.3 Å². The first-order valence-electron chi connectivity index (χ1n) is 13.1. The summed E-state index contributed by atoms with van der Waals surface area (Å²) in [5.74, 6) is 0.533. The highest BCUT2D eigenvalue weighted by Crippen LogP contribution is 2.26. The maximum Gasteiger partial charge on any atom is 0.225 e. The normalized spacial score (nSPS) is 12.1. The second kappa shape index (κ2) is 14.7. The van der Waals surface area contributed by atoms with Crippen molar-refractivity contribution in [2.45, 2.75) is 127 Å². The van der Waals surface area contributed by atoms with E-state index in [1.54, 1.807) is 13.8 Å². The summed E-state index contributed by atoms with van der Waals surface area (Å²) in [6, 6.07) is 0. The van der Waals surface area contributed by atoms with Gasteiger partial charge in [-0.15, -0.1) is 0 Å². The Bertz CT molecular complexity index is 1050. The molecule has 35 heavy (non-hydrogen) atoms. The lowest BCUT2D eigenvalue weighted by molar-refractivity contribution is -0.118. The number of aryl methyl sites for hydroxylation is 2.